The van der Waals surface area contributed by atoms with E-state index in [1.807, 2.05) is 13.8 Å². The second-order valence-electron chi connectivity index (χ2n) is 4.56. The number of hydrogen-bond acceptors (Lipinski definition) is 4. The molecular formula is C13H21NO3S. The van der Waals surface area contributed by atoms with Gasteiger partial charge in [-0.15, -0.1) is 0 Å². The van der Waals surface area contributed by atoms with Crippen LogP contribution in [0.25, 0.3) is 0 Å². The molecule has 0 bridgehead atoms. The predicted octanol–water partition coefficient (Wildman–Crippen LogP) is 1.78. The number of benzene rings is 1. The van der Waals surface area contributed by atoms with Crippen molar-refractivity contribution >= 4 is 9.84 Å². The van der Waals surface area contributed by atoms with Crippen molar-refractivity contribution in [3.63, 3.8) is 0 Å². The summed E-state index contributed by atoms with van der Waals surface area (Å²) in [7, 11) is -1.66. The third-order valence-corrected chi connectivity index (χ3v) is 4.51. The highest BCUT2D eigenvalue weighted by molar-refractivity contribution is 7.91. The van der Waals surface area contributed by atoms with E-state index in [1.54, 1.807) is 32.2 Å². The van der Waals surface area contributed by atoms with Crippen molar-refractivity contribution in [1.29, 1.82) is 0 Å². The fraction of sp³-hybridized carbons (Fsp3) is 0.538. The molecule has 0 amide bonds. The minimum absolute atomic E-state index is 0.109. The topological polar surface area (TPSA) is 55.4 Å². The number of aryl methyl sites for hydroxylation is 1. The van der Waals surface area contributed by atoms with Crippen molar-refractivity contribution in [2.45, 2.75) is 31.7 Å². The van der Waals surface area contributed by atoms with Crippen molar-refractivity contribution < 1.29 is 13.2 Å². The number of ether oxygens (including phenoxy) is 1. The maximum absolute atomic E-state index is 12.2. The van der Waals surface area contributed by atoms with Crippen LogP contribution < -0.4 is 10.1 Å². The van der Waals surface area contributed by atoms with E-state index in [-0.39, 0.29) is 11.8 Å². The third-order valence-electron chi connectivity index (χ3n) is 2.64. The molecule has 4 nitrogen and oxygen atoms in total. The van der Waals surface area contributed by atoms with Crippen LogP contribution in [0.1, 0.15) is 19.4 Å². The predicted molar refractivity (Wildman–Crippen MR) is 72.9 cm³/mol. The van der Waals surface area contributed by atoms with Crippen LogP contribution in [-0.2, 0) is 9.84 Å². The van der Waals surface area contributed by atoms with Gasteiger partial charge in [-0.1, -0.05) is 13.8 Å². The average molecular weight is 271 g/mol. The zero-order chi connectivity index (χ0) is 13.8. The third kappa shape index (κ3) is 3.99. The smallest absolute Gasteiger partial charge is 0.179 e. The molecule has 0 fully saturated rings. The van der Waals surface area contributed by atoms with Gasteiger partial charge in [-0.25, -0.2) is 8.42 Å². The molecule has 0 radical (unpaired) electrons. The van der Waals surface area contributed by atoms with Gasteiger partial charge in [0, 0.05) is 12.6 Å². The van der Waals surface area contributed by atoms with Gasteiger partial charge in [0.25, 0.3) is 0 Å². The number of nitrogens with one attached hydrogen (secondary N) is 1. The van der Waals surface area contributed by atoms with E-state index in [9.17, 15) is 8.42 Å². The van der Waals surface area contributed by atoms with Crippen molar-refractivity contribution in [2.75, 3.05) is 19.4 Å². The van der Waals surface area contributed by atoms with Gasteiger partial charge in [0.15, 0.2) is 9.84 Å². The second kappa shape index (κ2) is 6.20. The number of rotatable bonds is 6. The van der Waals surface area contributed by atoms with Gasteiger partial charge in [-0.3, -0.25) is 0 Å². The first-order valence-electron chi connectivity index (χ1n) is 5.97. The Hall–Kier alpha value is -1.07. The average Bonchev–Trinajstić information content (AvgIpc) is 2.27. The quantitative estimate of drug-likeness (QED) is 0.857. The van der Waals surface area contributed by atoms with Gasteiger partial charge < -0.3 is 10.1 Å². The molecule has 0 heterocycles. The van der Waals surface area contributed by atoms with E-state index in [0.717, 1.165) is 5.56 Å². The van der Waals surface area contributed by atoms with Crippen LogP contribution in [-0.4, -0.2) is 33.9 Å². The summed E-state index contributed by atoms with van der Waals surface area (Å²) in [5.41, 5.74) is 0.721. The monoisotopic (exact) mass is 271 g/mol. The van der Waals surface area contributed by atoms with Gasteiger partial charge in [0.1, 0.15) is 5.75 Å². The summed E-state index contributed by atoms with van der Waals surface area (Å²) >= 11 is 0. The molecule has 1 rings (SSSR count). The highest BCUT2D eigenvalue weighted by Crippen LogP contribution is 2.21. The summed E-state index contributed by atoms with van der Waals surface area (Å²) in [6.45, 7) is 6.23. The molecule has 0 aliphatic rings. The maximum atomic E-state index is 12.2. The van der Waals surface area contributed by atoms with Gasteiger partial charge in [-0.05, 0) is 30.7 Å². The molecule has 5 heteroatoms. The van der Waals surface area contributed by atoms with Crippen LogP contribution >= 0.6 is 0 Å². The lowest BCUT2D eigenvalue weighted by atomic mass is 10.2. The van der Waals surface area contributed by atoms with Gasteiger partial charge in [-0.2, -0.15) is 0 Å². The van der Waals surface area contributed by atoms with Crippen LogP contribution in [0.2, 0.25) is 0 Å². The molecule has 1 aromatic carbocycles. The molecule has 0 spiro atoms. The lowest BCUT2D eigenvalue weighted by molar-refractivity contribution is 0.414. The van der Waals surface area contributed by atoms with Crippen molar-refractivity contribution in [3.8, 4) is 5.75 Å². The zero-order valence-electron chi connectivity index (χ0n) is 11.4. The summed E-state index contributed by atoms with van der Waals surface area (Å²) in [6, 6.07) is 5.31. The molecule has 102 valence electrons. The Morgan fingerprint density at radius 3 is 2.50 bits per heavy atom. The fourth-order valence-electron chi connectivity index (χ4n) is 1.69. The van der Waals surface area contributed by atoms with E-state index >= 15 is 0 Å². The first-order chi connectivity index (χ1) is 8.36. The molecule has 0 aliphatic heterocycles. The molecule has 1 aromatic rings. The van der Waals surface area contributed by atoms with Crippen LogP contribution in [0.3, 0.4) is 0 Å². The zero-order valence-corrected chi connectivity index (χ0v) is 12.2. The molecule has 0 aromatic heterocycles. The van der Waals surface area contributed by atoms with E-state index in [0.29, 0.717) is 17.2 Å². The van der Waals surface area contributed by atoms with Crippen molar-refractivity contribution in [1.82, 2.24) is 5.32 Å². The Bertz CT molecular complexity index is 495. The minimum Gasteiger partial charge on any atom is -0.497 e. The largest absolute Gasteiger partial charge is 0.497 e. The summed E-state index contributed by atoms with van der Waals surface area (Å²) in [6.07, 6.45) is 0. The summed E-state index contributed by atoms with van der Waals surface area (Å²) in [5, 5.41) is 3.11. The van der Waals surface area contributed by atoms with Crippen LogP contribution in [0.15, 0.2) is 23.1 Å². The second-order valence-corrected chi connectivity index (χ2v) is 6.64. The lowest BCUT2D eigenvalue weighted by Gasteiger charge is -2.11. The number of hydrogen-bond donors (Lipinski definition) is 1. The maximum Gasteiger partial charge on any atom is 0.179 e. The summed E-state index contributed by atoms with van der Waals surface area (Å²) in [4.78, 5) is 0.383. The number of sulfone groups is 1. The molecule has 18 heavy (non-hydrogen) atoms. The normalized spacial score (nSPS) is 11.8. The van der Waals surface area contributed by atoms with Crippen molar-refractivity contribution in [2.24, 2.45) is 0 Å². The Balaban J connectivity index is 2.85. The molecule has 0 unspecified atom stereocenters. The highest BCUT2D eigenvalue weighted by Gasteiger charge is 2.17. The lowest BCUT2D eigenvalue weighted by Crippen LogP contribution is -2.28. The van der Waals surface area contributed by atoms with Crippen LogP contribution in [0.5, 0.6) is 5.75 Å². The highest BCUT2D eigenvalue weighted by atomic mass is 32.2. The van der Waals surface area contributed by atoms with Crippen LogP contribution in [0, 0.1) is 6.92 Å². The van der Waals surface area contributed by atoms with Gasteiger partial charge in [0.2, 0.25) is 0 Å². The first-order valence-corrected chi connectivity index (χ1v) is 7.63. The molecular weight excluding hydrogens is 250 g/mol. The standard InChI is InChI=1S/C13H21NO3S/c1-10(2)14-7-8-18(15,16)13-6-5-12(17-4)9-11(13)3/h5-6,9-10,14H,7-8H2,1-4H3. The van der Waals surface area contributed by atoms with Crippen molar-refractivity contribution in [3.05, 3.63) is 23.8 Å². The molecule has 1 N–H and O–H groups in total. The molecule has 0 saturated heterocycles. The molecule has 0 aliphatic carbocycles. The Kier molecular flexibility index (Phi) is 5.16. The SMILES string of the molecule is COc1ccc(S(=O)(=O)CCNC(C)C)c(C)c1. The van der Waals surface area contributed by atoms with E-state index < -0.39 is 9.84 Å². The number of methoxy groups -OCH3 is 1. The molecule has 0 atom stereocenters. The minimum atomic E-state index is -3.23. The summed E-state index contributed by atoms with van der Waals surface area (Å²) < 4.78 is 29.4. The van der Waals surface area contributed by atoms with E-state index in [2.05, 4.69) is 5.32 Å². The first kappa shape index (κ1) is 15.0. The van der Waals surface area contributed by atoms with Crippen LogP contribution in [0.4, 0.5) is 0 Å². The van der Waals surface area contributed by atoms with Gasteiger partial charge >= 0.3 is 0 Å². The Morgan fingerprint density at radius 2 is 2.00 bits per heavy atom. The Morgan fingerprint density at radius 1 is 1.33 bits per heavy atom. The molecule has 0 saturated carbocycles. The van der Waals surface area contributed by atoms with E-state index in [4.69, 9.17) is 4.74 Å². The Labute approximate surface area is 109 Å². The fourth-order valence-corrected chi connectivity index (χ4v) is 3.12. The summed E-state index contributed by atoms with van der Waals surface area (Å²) in [5.74, 6) is 0.782. The van der Waals surface area contributed by atoms with Gasteiger partial charge in [0.05, 0.1) is 17.8 Å². The van der Waals surface area contributed by atoms with E-state index in [1.165, 1.54) is 0 Å².